The zero-order valence-corrected chi connectivity index (χ0v) is 25.9. The molecule has 1 amide bonds. The smallest absolute Gasteiger partial charge is 0.404 e. The van der Waals surface area contributed by atoms with Crippen LogP contribution < -0.4 is 20.8 Å². The summed E-state index contributed by atoms with van der Waals surface area (Å²) in [5.74, 6) is -0.00272. The van der Waals surface area contributed by atoms with E-state index in [-0.39, 0.29) is 22.3 Å². The molecule has 46 heavy (non-hydrogen) atoms. The van der Waals surface area contributed by atoms with E-state index in [2.05, 4.69) is 0 Å². The van der Waals surface area contributed by atoms with Gasteiger partial charge in [0.2, 0.25) is 6.29 Å². The minimum Gasteiger partial charge on any atom is -0.507 e. The van der Waals surface area contributed by atoms with Crippen LogP contribution in [-0.2, 0) is 20.6 Å². The number of ketones is 1. The fourth-order valence-corrected chi connectivity index (χ4v) is 5.76. The number of amides is 1. The summed E-state index contributed by atoms with van der Waals surface area (Å²) in [5.41, 5.74) is 5.25. The number of fused-ring (bicyclic) bond motifs is 1. The number of Topliss-reactive ketones (excluding diaryl/α,β-unsaturated/α-hetero) is 1. The molecular weight excluding hydrogens is 598 g/mol. The van der Waals surface area contributed by atoms with Crippen molar-refractivity contribution in [1.82, 2.24) is 0 Å². The van der Waals surface area contributed by atoms with E-state index in [1.807, 2.05) is 30.3 Å². The number of rotatable bonds is 9. The summed E-state index contributed by atoms with van der Waals surface area (Å²) in [5, 5.41) is 22.3. The molecule has 12 heteroatoms. The Labute approximate surface area is 264 Å². The number of aryl methyl sites for hydroxylation is 1. The average molecular weight is 634 g/mol. The van der Waals surface area contributed by atoms with Gasteiger partial charge in [-0.25, -0.2) is 9.59 Å². The van der Waals surface area contributed by atoms with Crippen molar-refractivity contribution < 1.29 is 47.9 Å². The maximum absolute atomic E-state index is 13.3. The van der Waals surface area contributed by atoms with Crippen molar-refractivity contribution in [2.24, 2.45) is 5.73 Å². The second kappa shape index (κ2) is 12.8. The number of hydrogen-bond donors (Lipinski definition) is 3. The maximum atomic E-state index is 13.3. The summed E-state index contributed by atoms with van der Waals surface area (Å²) in [6, 6.07) is 17.3. The standard InChI is InChI=1S/C34H35NO11/c1-17-24(43-32-27(38)29(45-33(35)40)30(42-5)34(2,3)46-32)14-13-21-26(37)22(31(39)44-28(17)21)16-23(36)19-10-8-9-18(15-19)20-11-6-7-12-25(20)41-4/h6-15,27,29-30,32,37-38H,16H2,1-5H3,(H2,35,40)/t27-,29+,30-,32-/m1/s1. The summed E-state index contributed by atoms with van der Waals surface area (Å²) in [7, 11) is 2.94. The number of primary amides is 1. The zero-order chi connectivity index (χ0) is 33.3. The van der Waals surface area contributed by atoms with Crippen LogP contribution in [0, 0.1) is 6.92 Å². The molecule has 2 heterocycles. The van der Waals surface area contributed by atoms with E-state index >= 15 is 0 Å². The number of carbonyl (C=O) groups is 2. The largest absolute Gasteiger partial charge is 0.507 e. The first kappa shape index (κ1) is 32.5. The van der Waals surface area contributed by atoms with Crippen LogP contribution in [0.3, 0.4) is 0 Å². The summed E-state index contributed by atoms with van der Waals surface area (Å²) < 4.78 is 33.5. The molecule has 1 aromatic heterocycles. The normalized spacial score (nSPS) is 20.7. The number of methoxy groups -OCH3 is 2. The zero-order valence-electron chi connectivity index (χ0n) is 25.9. The van der Waals surface area contributed by atoms with Crippen LogP contribution in [0.2, 0.25) is 0 Å². The number of ether oxygens (including phenoxy) is 5. The molecular formula is C34H35NO11. The number of aliphatic hydroxyl groups is 1. The van der Waals surface area contributed by atoms with Gasteiger partial charge in [0, 0.05) is 30.2 Å². The van der Waals surface area contributed by atoms with E-state index in [0.717, 1.165) is 11.1 Å². The first-order chi connectivity index (χ1) is 21.9. The van der Waals surface area contributed by atoms with E-state index in [1.54, 1.807) is 46.1 Å². The van der Waals surface area contributed by atoms with Gasteiger partial charge in [-0.15, -0.1) is 0 Å². The molecule has 0 aliphatic carbocycles. The number of hydrogen-bond acceptors (Lipinski definition) is 11. The van der Waals surface area contributed by atoms with Crippen LogP contribution in [-0.4, -0.2) is 66.5 Å². The van der Waals surface area contributed by atoms with Gasteiger partial charge in [0.05, 0.1) is 23.7 Å². The van der Waals surface area contributed by atoms with Crippen LogP contribution in [0.25, 0.3) is 22.1 Å². The van der Waals surface area contributed by atoms with Gasteiger partial charge >= 0.3 is 11.7 Å². The van der Waals surface area contributed by atoms with E-state index < -0.39 is 59.9 Å². The van der Waals surface area contributed by atoms with Gasteiger partial charge in [-0.3, -0.25) is 4.79 Å². The second-order valence-electron chi connectivity index (χ2n) is 11.4. The van der Waals surface area contributed by atoms with Gasteiger partial charge in [-0.2, -0.15) is 0 Å². The molecule has 4 N–H and O–H groups in total. The van der Waals surface area contributed by atoms with E-state index in [0.29, 0.717) is 16.9 Å². The number of aliphatic hydroxyl groups excluding tert-OH is 1. The van der Waals surface area contributed by atoms with Crippen LogP contribution in [0.4, 0.5) is 4.79 Å². The Balaban J connectivity index is 1.42. The molecule has 3 aromatic carbocycles. The van der Waals surface area contributed by atoms with Gasteiger partial charge in [0.15, 0.2) is 18.0 Å². The SMILES string of the molecule is COc1ccccc1-c1cccc(C(=O)Cc2c(O)c3ccc(O[C@@H]4OC(C)(C)[C@H](OC)[C@@H](OC(N)=O)[C@H]4O)c(C)c3oc2=O)c1. The molecule has 0 radical (unpaired) electrons. The highest BCUT2D eigenvalue weighted by molar-refractivity contribution is 6.00. The second-order valence-corrected chi connectivity index (χ2v) is 11.4. The van der Waals surface area contributed by atoms with E-state index in [9.17, 15) is 24.6 Å². The van der Waals surface area contributed by atoms with Gasteiger partial charge in [-0.1, -0.05) is 36.4 Å². The maximum Gasteiger partial charge on any atom is 0.404 e. The molecule has 4 atom stereocenters. The van der Waals surface area contributed by atoms with Crippen LogP contribution >= 0.6 is 0 Å². The van der Waals surface area contributed by atoms with Crippen molar-refractivity contribution in [1.29, 1.82) is 0 Å². The number of aromatic hydroxyl groups is 1. The Morgan fingerprint density at radius 2 is 1.76 bits per heavy atom. The predicted octanol–water partition coefficient (Wildman–Crippen LogP) is 4.26. The number of carbonyl (C=O) groups excluding carboxylic acids is 2. The Hall–Kier alpha value is -4.91. The van der Waals surface area contributed by atoms with Gasteiger partial charge < -0.3 is 44.0 Å². The third-order valence-electron chi connectivity index (χ3n) is 8.05. The topological polar surface area (TPSA) is 177 Å². The Bertz CT molecular complexity index is 1850. The molecule has 4 aromatic rings. The van der Waals surface area contributed by atoms with Crippen molar-refractivity contribution in [2.45, 2.75) is 57.4 Å². The molecule has 0 unspecified atom stereocenters. The number of benzene rings is 3. The number of nitrogens with two attached hydrogens (primary N) is 1. The highest BCUT2D eigenvalue weighted by Crippen LogP contribution is 2.38. The minimum atomic E-state index is -1.50. The van der Waals surface area contributed by atoms with Gasteiger partial charge in [0.1, 0.15) is 28.9 Å². The first-order valence-corrected chi connectivity index (χ1v) is 14.4. The highest BCUT2D eigenvalue weighted by atomic mass is 16.7. The molecule has 1 aliphatic heterocycles. The van der Waals surface area contributed by atoms with Crippen molar-refractivity contribution in [3.05, 3.63) is 87.8 Å². The lowest BCUT2D eigenvalue weighted by Crippen LogP contribution is -2.65. The summed E-state index contributed by atoms with van der Waals surface area (Å²) >= 11 is 0. The fraction of sp³-hybridized carbons (Fsp3) is 0.324. The van der Waals surface area contributed by atoms with Crippen LogP contribution in [0.5, 0.6) is 17.2 Å². The molecule has 242 valence electrons. The summed E-state index contributed by atoms with van der Waals surface area (Å²) in [6.07, 6.45) is -6.45. The molecule has 1 saturated heterocycles. The summed E-state index contributed by atoms with van der Waals surface area (Å²) in [6.45, 7) is 4.93. The molecule has 0 spiro atoms. The highest BCUT2D eigenvalue weighted by Gasteiger charge is 2.53. The van der Waals surface area contributed by atoms with Crippen molar-refractivity contribution in [3.8, 4) is 28.4 Å². The lowest BCUT2D eigenvalue weighted by Gasteiger charge is -2.47. The minimum absolute atomic E-state index is 0.0126. The van der Waals surface area contributed by atoms with Crippen molar-refractivity contribution >= 4 is 22.8 Å². The van der Waals surface area contributed by atoms with E-state index in [1.165, 1.54) is 19.2 Å². The third-order valence-corrected chi connectivity index (χ3v) is 8.05. The molecule has 5 rings (SSSR count). The predicted molar refractivity (Wildman–Crippen MR) is 166 cm³/mol. The molecule has 1 fully saturated rings. The Morgan fingerprint density at radius 3 is 2.46 bits per heavy atom. The summed E-state index contributed by atoms with van der Waals surface area (Å²) in [4.78, 5) is 38.0. The van der Waals surface area contributed by atoms with Gasteiger partial charge in [0.25, 0.3) is 0 Å². The molecule has 12 nitrogen and oxygen atoms in total. The molecule has 0 bridgehead atoms. The van der Waals surface area contributed by atoms with Crippen LogP contribution in [0.15, 0.2) is 69.9 Å². The number of para-hydroxylation sites is 1. The van der Waals surface area contributed by atoms with Gasteiger partial charge in [-0.05, 0) is 50.6 Å². The van der Waals surface area contributed by atoms with Crippen molar-refractivity contribution in [2.75, 3.05) is 14.2 Å². The fourth-order valence-electron chi connectivity index (χ4n) is 5.76. The monoisotopic (exact) mass is 633 g/mol. The quantitative estimate of drug-likeness (QED) is 0.177. The lowest BCUT2D eigenvalue weighted by atomic mass is 9.89. The Morgan fingerprint density at radius 1 is 1.02 bits per heavy atom. The third kappa shape index (κ3) is 6.14. The first-order valence-electron chi connectivity index (χ1n) is 14.4. The Kier molecular flexibility index (Phi) is 9.06. The average Bonchev–Trinajstić information content (AvgIpc) is 3.02. The van der Waals surface area contributed by atoms with Crippen LogP contribution in [0.1, 0.15) is 35.3 Å². The molecule has 0 saturated carbocycles. The lowest BCUT2D eigenvalue weighted by molar-refractivity contribution is -0.304. The van der Waals surface area contributed by atoms with Crippen molar-refractivity contribution in [3.63, 3.8) is 0 Å². The molecule has 1 aliphatic rings. The van der Waals surface area contributed by atoms with E-state index in [4.69, 9.17) is 33.8 Å².